The van der Waals surface area contributed by atoms with E-state index >= 15 is 0 Å². The number of rotatable bonds is 5. The number of nitrogens with zero attached hydrogens (tertiary/aromatic N) is 1. The number of carbonyl (C=O) groups is 1. The van der Waals surface area contributed by atoms with Crippen LogP contribution in [0.2, 0.25) is 0 Å². The van der Waals surface area contributed by atoms with Gasteiger partial charge in [-0.1, -0.05) is 32.1 Å². The monoisotopic (exact) mass is 213 g/mol. The number of amides is 1. The lowest BCUT2D eigenvalue weighted by Crippen LogP contribution is -2.29. The number of likely N-dealkylation sites (N-methyl/N-ethyl adjacent to an activating group) is 1. The topological polar surface area (TPSA) is 40.5 Å². The van der Waals surface area contributed by atoms with E-state index in [1.54, 1.807) is 11.9 Å². The van der Waals surface area contributed by atoms with Crippen molar-refractivity contribution in [3.8, 4) is 0 Å². The Labute approximate surface area is 92.5 Å². The van der Waals surface area contributed by atoms with Crippen LogP contribution in [0.1, 0.15) is 44.9 Å². The molecule has 0 spiro atoms. The Morgan fingerprint density at radius 3 is 2.60 bits per heavy atom. The van der Waals surface area contributed by atoms with E-state index in [-0.39, 0.29) is 12.5 Å². The third-order valence-corrected chi connectivity index (χ3v) is 3.35. The lowest BCUT2D eigenvalue weighted by Gasteiger charge is -2.22. The fourth-order valence-electron chi connectivity index (χ4n) is 2.27. The van der Waals surface area contributed by atoms with Crippen molar-refractivity contribution in [3.05, 3.63) is 0 Å². The second-order valence-electron chi connectivity index (χ2n) is 4.58. The summed E-state index contributed by atoms with van der Waals surface area (Å²) in [5.74, 6) is 0.944. The first-order chi connectivity index (χ1) is 7.24. The predicted molar refractivity (Wildman–Crippen MR) is 60.5 cm³/mol. The Morgan fingerprint density at radius 1 is 1.33 bits per heavy atom. The first kappa shape index (κ1) is 12.5. The summed E-state index contributed by atoms with van der Waals surface area (Å²) in [4.78, 5) is 13.2. The average Bonchev–Trinajstić information content (AvgIpc) is 2.27. The van der Waals surface area contributed by atoms with Crippen LogP contribution in [-0.4, -0.2) is 36.1 Å². The molecule has 1 aliphatic rings. The molecule has 0 atom stereocenters. The number of hydrogen-bond donors (Lipinski definition) is 1. The molecule has 88 valence electrons. The Hall–Kier alpha value is -0.570. The fourth-order valence-corrected chi connectivity index (χ4v) is 2.27. The first-order valence-electron chi connectivity index (χ1n) is 6.09. The zero-order chi connectivity index (χ0) is 11.1. The summed E-state index contributed by atoms with van der Waals surface area (Å²) < 4.78 is 0. The number of aliphatic hydroxyl groups is 1. The van der Waals surface area contributed by atoms with Crippen molar-refractivity contribution in [2.24, 2.45) is 5.92 Å². The number of aliphatic hydroxyl groups excluding tert-OH is 1. The highest BCUT2D eigenvalue weighted by Crippen LogP contribution is 2.27. The van der Waals surface area contributed by atoms with Gasteiger partial charge in [-0.15, -0.1) is 0 Å². The molecule has 0 heterocycles. The molecule has 3 nitrogen and oxygen atoms in total. The fraction of sp³-hybridized carbons (Fsp3) is 0.917. The zero-order valence-corrected chi connectivity index (χ0v) is 9.74. The summed E-state index contributed by atoms with van der Waals surface area (Å²) in [5.41, 5.74) is 0. The van der Waals surface area contributed by atoms with Crippen LogP contribution in [0.25, 0.3) is 0 Å². The van der Waals surface area contributed by atoms with Gasteiger partial charge in [0.2, 0.25) is 5.91 Å². The van der Waals surface area contributed by atoms with E-state index < -0.39 is 0 Å². The van der Waals surface area contributed by atoms with Gasteiger partial charge < -0.3 is 10.0 Å². The predicted octanol–water partition coefficient (Wildman–Crippen LogP) is 1.80. The zero-order valence-electron chi connectivity index (χ0n) is 9.74. The summed E-state index contributed by atoms with van der Waals surface area (Å²) in [6.07, 6.45) is 8.34. The van der Waals surface area contributed by atoms with Crippen LogP contribution in [0.3, 0.4) is 0 Å². The molecule has 0 aliphatic heterocycles. The van der Waals surface area contributed by atoms with Gasteiger partial charge in [-0.3, -0.25) is 4.79 Å². The number of carbonyl (C=O) groups excluding carboxylic acids is 1. The van der Waals surface area contributed by atoms with Crippen molar-refractivity contribution in [1.29, 1.82) is 0 Å². The van der Waals surface area contributed by atoms with E-state index in [2.05, 4.69) is 0 Å². The molecule has 0 aromatic heterocycles. The highest BCUT2D eigenvalue weighted by atomic mass is 16.3. The Morgan fingerprint density at radius 2 is 2.00 bits per heavy atom. The summed E-state index contributed by atoms with van der Waals surface area (Å²) in [6, 6.07) is 0. The van der Waals surface area contributed by atoms with Gasteiger partial charge in [0.25, 0.3) is 0 Å². The maximum Gasteiger partial charge on any atom is 0.222 e. The molecule has 15 heavy (non-hydrogen) atoms. The standard InChI is InChI=1S/C12H23NO2/c1-13(9-10-14)12(15)8-7-11-5-3-2-4-6-11/h11,14H,2-10H2,1H3. The molecule has 1 N–H and O–H groups in total. The first-order valence-corrected chi connectivity index (χ1v) is 6.09. The molecular formula is C12H23NO2. The molecule has 0 bridgehead atoms. The second-order valence-corrected chi connectivity index (χ2v) is 4.58. The Kier molecular flexibility index (Phi) is 5.69. The van der Waals surface area contributed by atoms with Crippen molar-refractivity contribution in [2.45, 2.75) is 44.9 Å². The highest BCUT2D eigenvalue weighted by Gasteiger charge is 2.16. The molecule has 3 heteroatoms. The van der Waals surface area contributed by atoms with Gasteiger partial charge in [0.1, 0.15) is 0 Å². The van der Waals surface area contributed by atoms with Gasteiger partial charge in [0, 0.05) is 20.0 Å². The van der Waals surface area contributed by atoms with Crippen LogP contribution >= 0.6 is 0 Å². The van der Waals surface area contributed by atoms with Crippen LogP contribution in [0.5, 0.6) is 0 Å². The molecule has 1 fully saturated rings. The van der Waals surface area contributed by atoms with Crippen LogP contribution in [-0.2, 0) is 4.79 Å². The third kappa shape index (κ3) is 4.65. The molecule has 1 rings (SSSR count). The van der Waals surface area contributed by atoms with Crippen LogP contribution < -0.4 is 0 Å². The van der Waals surface area contributed by atoms with Gasteiger partial charge in [-0.05, 0) is 12.3 Å². The minimum absolute atomic E-state index is 0.0612. The summed E-state index contributed by atoms with van der Waals surface area (Å²) >= 11 is 0. The smallest absolute Gasteiger partial charge is 0.222 e. The molecule has 1 saturated carbocycles. The lowest BCUT2D eigenvalue weighted by atomic mass is 9.86. The van der Waals surface area contributed by atoms with Gasteiger partial charge in [0.05, 0.1) is 6.61 Å². The van der Waals surface area contributed by atoms with Gasteiger partial charge in [-0.25, -0.2) is 0 Å². The van der Waals surface area contributed by atoms with Gasteiger partial charge in [0.15, 0.2) is 0 Å². The Balaban J connectivity index is 2.14. The normalized spacial score (nSPS) is 17.7. The largest absolute Gasteiger partial charge is 0.395 e. The lowest BCUT2D eigenvalue weighted by molar-refractivity contribution is -0.130. The SMILES string of the molecule is CN(CCO)C(=O)CCC1CCCCC1. The van der Waals surface area contributed by atoms with Crippen molar-refractivity contribution in [1.82, 2.24) is 4.90 Å². The molecular weight excluding hydrogens is 190 g/mol. The molecule has 0 unspecified atom stereocenters. The van der Waals surface area contributed by atoms with E-state index in [1.165, 1.54) is 32.1 Å². The molecule has 0 saturated heterocycles. The molecule has 1 aliphatic carbocycles. The van der Waals surface area contributed by atoms with Crippen LogP contribution in [0.4, 0.5) is 0 Å². The van der Waals surface area contributed by atoms with Crippen molar-refractivity contribution < 1.29 is 9.90 Å². The Bertz CT molecular complexity index is 188. The van der Waals surface area contributed by atoms with Crippen LogP contribution in [0.15, 0.2) is 0 Å². The van der Waals surface area contributed by atoms with E-state index in [1.807, 2.05) is 0 Å². The van der Waals surface area contributed by atoms with Crippen molar-refractivity contribution in [3.63, 3.8) is 0 Å². The molecule has 0 radical (unpaired) electrons. The minimum atomic E-state index is 0.0612. The van der Waals surface area contributed by atoms with Crippen molar-refractivity contribution >= 4 is 5.91 Å². The molecule has 0 aromatic rings. The van der Waals surface area contributed by atoms with E-state index in [0.29, 0.717) is 13.0 Å². The molecule has 0 aromatic carbocycles. The summed E-state index contributed by atoms with van der Waals surface area (Å²) in [6.45, 7) is 0.523. The van der Waals surface area contributed by atoms with E-state index in [4.69, 9.17) is 5.11 Å². The van der Waals surface area contributed by atoms with Crippen LogP contribution in [0, 0.1) is 5.92 Å². The molecule has 1 amide bonds. The summed E-state index contributed by atoms with van der Waals surface area (Å²) in [5, 5.41) is 8.71. The van der Waals surface area contributed by atoms with E-state index in [0.717, 1.165) is 12.3 Å². The maximum absolute atomic E-state index is 11.6. The minimum Gasteiger partial charge on any atom is -0.395 e. The quantitative estimate of drug-likeness (QED) is 0.756. The number of hydrogen-bond acceptors (Lipinski definition) is 2. The summed E-state index contributed by atoms with van der Waals surface area (Å²) in [7, 11) is 1.76. The second kappa shape index (κ2) is 6.83. The highest BCUT2D eigenvalue weighted by molar-refractivity contribution is 5.75. The van der Waals surface area contributed by atoms with Gasteiger partial charge in [-0.2, -0.15) is 0 Å². The van der Waals surface area contributed by atoms with Crippen molar-refractivity contribution in [2.75, 3.05) is 20.2 Å². The third-order valence-electron chi connectivity index (χ3n) is 3.35. The van der Waals surface area contributed by atoms with Gasteiger partial charge >= 0.3 is 0 Å². The maximum atomic E-state index is 11.6. The average molecular weight is 213 g/mol. The van der Waals surface area contributed by atoms with E-state index in [9.17, 15) is 4.79 Å².